The summed E-state index contributed by atoms with van der Waals surface area (Å²) in [7, 11) is 0. The molecule has 3 heterocycles. The van der Waals surface area contributed by atoms with Crippen molar-refractivity contribution in [3.05, 3.63) is 143 Å². The molecule has 55 heavy (non-hydrogen) atoms. The molecule has 272 valence electrons. The number of phenols is 2. The van der Waals surface area contributed by atoms with Crippen LogP contribution in [0.1, 0.15) is 46.0 Å². The van der Waals surface area contributed by atoms with E-state index in [4.69, 9.17) is 21.7 Å². The van der Waals surface area contributed by atoms with Crippen LogP contribution in [0.4, 0.5) is 11.4 Å². The molecule has 2 amide bonds. The maximum absolute atomic E-state index is 13.6. The summed E-state index contributed by atoms with van der Waals surface area (Å²) in [5, 5.41) is 27.3. The van der Waals surface area contributed by atoms with Crippen LogP contribution in [0.25, 0.3) is 11.1 Å². The van der Waals surface area contributed by atoms with Crippen molar-refractivity contribution in [3.8, 4) is 34.1 Å². The number of nitrogens with zero attached hydrogens (tertiary/aromatic N) is 1. The fourth-order valence-electron chi connectivity index (χ4n) is 9.30. The van der Waals surface area contributed by atoms with Crippen LogP contribution >= 0.6 is 12.2 Å². The minimum Gasteiger partial charge on any atom is -0.508 e. The Labute approximate surface area is 321 Å². The van der Waals surface area contributed by atoms with Crippen molar-refractivity contribution in [3.63, 3.8) is 0 Å². The number of carbonyl (C=O) groups excluding carboxylic acids is 3. The fraction of sp³-hybridized carbons (Fsp3) is 0.182. The number of hydrogen-bond donors (Lipinski definition) is 4. The zero-order valence-corrected chi connectivity index (χ0v) is 30.2. The predicted molar refractivity (Wildman–Crippen MR) is 208 cm³/mol. The number of anilines is 2. The topological polar surface area (TPSA) is 137 Å². The number of hydrogen-bond acceptors (Lipinski definition) is 8. The summed E-state index contributed by atoms with van der Waals surface area (Å²) in [6.45, 7) is 2.40. The zero-order chi connectivity index (χ0) is 37.8. The van der Waals surface area contributed by atoms with E-state index in [9.17, 15) is 24.6 Å². The molecule has 5 aromatic rings. The first-order valence-corrected chi connectivity index (χ1v) is 18.5. The number of imide groups is 1. The van der Waals surface area contributed by atoms with Crippen molar-refractivity contribution in [1.82, 2.24) is 5.32 Å². The second kappa shape index (κ2) is 11.8. The third-order valence-corrected chi connectivity index (χ3v) is 12.3. The Morgan fingerprint density at radius 1 is 0.818 bits per heavy atom. The van der Waals surface area contributed by atoms with Gasteiger partial charge in [-0.2, -0.15) is 0 Å². The number of thiocarbonyl (C=S) groups is 1. The van der Waals surface area contributed by atoms with Crippen molar-refractivity contribution in [2.75, 3.05) is 10.2 Å². The van der Waals surface area contributed by atoms with Gasteiger partial charge < -0.3 is 30.3 Å². The number of ether oxygens (including phenoxy) is 2. The summed E-state index contributed by atoms with van der Waals surface area (Å²) >= 11 is 5.66. The lowest BCUT2D eigenvalue weighted by atomic mass is 9.71. The Bertz CT molecular complexity index is 2500. The van der Waals surface area contributed by atoms with Crippen molar-refractivity contribution in [2.45, 2.75) is 25.5 Å². The molecule has 2 aliphatic carbocycles. The summed E-state index contributed by atoms with van der Waals surface area (Å²) in [4.78, 5) is 41.7. The van der Waals surface area contributed by atoms with E-state index in [1.807, 2.05) is 61.5 Å². The first-order chi connectivity index (χ1) is 26.5. The molecule has 10 rings (SSSR count). The molecule has 1 spiro atoms. The lowest BCUT2D eigenvalue weighted by Gasteiger charge is -2.36. The van der Waals surface area contributed by atoms with Gasteiger partial charge >= 0.3 is 5.97 Å². The number of benzene rings is 5. The SMILES string of the molecule is CC12C(=O)N(c3ccc(-c4ccc(CNC(=S)Nc5ccc6c(c5)C5(OC6=O)c6ccc(O)cc6Oc6cc(O)ccc65)cc4)cc3)C(=O)C1C1C=CC2C1. The van der Waals surface area contributed by atoms with E-state index >= 15 is 0 Å². The highest BCUT2D eigenvalue weighted by molar-refractivity contribution is 7.80. The van der Waals surface area contributed by atoms with E-state index in [0.717, 1.165) is 23.1 Å². The Hall–Kier alpha value is -6.46. The molecule has 4 atom stereocenters. The number of fused-ring (bicyclic) bond motifs is 11. The molecule has 2 bridgehead atoms. The lowest BCUT2D eigenvalue weighted by molar-refractivity contribution is -0.127. The quantitative estimate of drug-likeness (QED) is 0.0619. The Balaban J connectivity index is 0.832. The van der Waals surface area contributed by atoms with E-state index in [-0.39, 0.29) is 41.1 Å². The van der Waals surface area contributed by atoms with Crippen LogP contribution in [-0.2, 0) is 26.5 Å². The molecule has 2 fully saturated rings. The second-order valence-electron chi connectivity index (χ2n) is 15.0. The number of esters is 1. The molecular weight excluding hydrogens is 715 g/mol. The van der Waals surface area contributed by atoms with Gasteiger partial charge in [0.2, 0.25) is 11.8 Å². The molecule has 5 aromatic carbocycles. The summed E-state index contributed by atoms with van der Waals surface area (Å²) in [6, 6.07) is 30.1. The average Bonchev–Trinajstić information content (AvgIpc) is 3.90. The molecule has 0 radical (unpaired) electrons. The van der Waals surface area contributed by atoms with Gasteiger partial charge in [-0.1, -0.05) is 48.6 Å². The summed E-state index contributed by atoms with van der Waals surface area (Å²) in [6.07, 6.45) is 5.10. The number of phenolic OH excluding ortho intramolecular Hbond substituents is 2. The largest absolute Gasteiger partial charge is 0.508 e. The van der Waals surface area contributed by atoms with Gasteiger partial charge in [0, 0.05) is 41.1 Å². The minimum atomic E-state index is -1.39. The average molecular weight is 748 g/mol. The van der Waals surface area contributed by atoms with E-state index < -0.39 is 17.0 Å². The van der Waals surface area contributed by atoms with Crippen molar-refractivity contribution >= 4 is 46.5 Å². The third-order valence-electron chi connectivity index (χ3n) is 12.0. The molecule has 11 heteroatoms. The fourth-order valence-corrected chi connectivity index (χ4v) is 9.49. The minimum absolute atomic E-state index is 0.0202. The number of amides is 2. The van der Waals surface area contributed by atoms with Crippen LogP contribution in [0, 0.1) is 23.2 Å². The second-order valence-corrected chi connectivity index (χ2v) is 15.4. The highest BCUT2D eigenvalue weighted by atomic mass is 32.1. The van der Waals surface area contributed by atoms with E-state index in [1.165, 1.54) is 29.2 Å². The van der Waals surface area contributed by atoms with Gasteiger partial charge in [-0.25, -0.2) is 9.69 Å². The normalized spacial score (nSPS) is 23.2. The van der Waals surface area contributed by atoms with Gasteiger partial charge in [-0.05, 0) is 109 Å². The third kappa shape index (κ3) is 4.79. The van der Waals surface area contributed by atoms with Gasteiger partial charge in [0.05, 0.1) is 22.6 Å². The van der Waals surface area contributed by atoms with Crippen LogP contribution in [0.3, 0.4) is 0 Å². The van der Waals surface area contributed by atoms with Crippen LogP contribution in [-0.4, -0.2) is 33.1 Å². The van der Waals surface area contributed by atoms with Crippen molar-refractivity contribution in [2.24, 2.45) is 23.2 Å². The summed E-state index contributed by atoms with van der Waals surface area (Å²) < 4.78 is 12.2. The highest BCUT2D eigenvalue weighted by Crippen LogP contribution is 2.61. The molecule has 4 N–H and O–H groups in total. The van der Waals surface area contributed by atoms with Crippen molar-refractivity contribution < 1.29 is 34.1 Å². The molecule has 4 unspecified atom stereocenters. The van der Waals surface area contributed by atoms with Crippen LogP contribution in [0.15, 0.2) is 115 Å². The number of aromatic hydroxyl groups is 2. The Morgan fingerprint density at radius 3 is 2.13 bits per heavy atom. The molecule has 0 aromatic heterocycles. The van der Waals surface area contributed by atoms with Gasteiger partial charge in [0.15, 0.2) is 10.7 Å². The lowest BCUT2D eigenvalue weighted by Crippen LogP contribution is -2.37. The Morgan fingerprint density at radius 2 is 1.47 bits per heavy atom. The van der Waals surface area contributed by atoms with Crippen molar-refractivity contribution in [1.29, 1.82) is 0 Å². The first kappa shape index (κ1) is 33.1. The molecule has 5 aliphatic rings. The first-order valence-electron chi connectivity index (χ1n) is 18.1. The molecule has 1 saturated carbocycles. The van der Waals surface area contributed by atoms with E-state index in [2.05, 4.69) is 22.8 Å². The number of rotatable bonds is 5. The maximum Gasteiger partial charge on any atom is 0.340 e. The highest BCUT2D eigenvalue weighted by Gasteiger charge is 2.67. The van der Waals surface area contributed by atoms with Gasteiger partial charge in [0.25, 0.3) is 0 Å². The van der Waals surface area contributed by atoms with E-state index in [0.29, 0.717) is 56.8 Å². The van der Waals surface area contributed by atoms with Crippen LogP contribution in [0.5, 0.6) is 23.0 Å². The molecule has 10 nitrogen and oxygen atoms in total. The molecular formula is C44H33N3O7S. The number of carbonyl (C=O) groups is 3. The molecule has 1 saturated heterocycles. The smallest absolute Gasteiger partial charge is 0.340 e. The summed E-state index contributed by atoms with van der Waals surface area (Å²) in [5.74, 6) is -0.152. The number of allylic oxidation sites excluding steroid dienone is 2. The van der Waals surface area contributed by atoms with Gasteiger partial charge in [-0.15, -0.1) is 0 Å². The van der Waals surface area contributed by atoms with Crippen LogP contribution in [0.2, 0.25) is 0 Å². The van der Waals surface area contributed by atoms with Gasteiger partial charge in [-0.3, -0.25) is 9.59 Å². The zero-order valence-electron chi connectivity index (χ0n) is 29.4. The summed E-state index contributed by atoms with van der Waals surface area (Å²) in [5.41, 5.74) is 4.15. The van der Waals surface area contributed by atoms with Gasteiger partial charge in [0.1, 0.15) is 23.0 Å². The Kier molecular flexibility index (Phi) is 7.09. The number of nitrogens with one attached hydrogen (secondary N) is 2. The molecule has 3 aliphatic heterocycles. The monoisotopic (exact) mass is 747 g/mol. The van der Waals surface area contributed by atoms with E-state index in [1.54, 1.807) is 24.3 Å². The van der Waals surface area contributed by atoms with Crippen LogP contribution < -0.4 is 20.3 Å². The maximum atomic E-state index is 13.6. The predicted octanol–water partition coefficient (Wildman–Crippen LogP) is 7.52. The standard InChI is InChI=1S/C44H33N3O7S/c1-43-27-9-6-26(18-27)38(43)39(50)47(41(43)52)29-11-7-25(8-12-29)24-4-2-23(3-5-24)22-45-42(55)46-28-10-15-32-35(19-28)44(54-40(32)51)33-16-13-30(48)20-36(33)53-37-21-31(49)14-17-34(37)44/h2-17,19-21,26-27,38,48-49H,18,22H2,1H3,(H2,45,46,55).